The Kier molecular flexibility index (Phi) is 4.45. The molecule has 2 rings (SSSR count). The van der Waals surface area contributed by atoms with E-state index in [1.54, 1.807) is 0 Å². The van der Waals surface area contributed by atoms with Crippen molar-refractivity contribution in [3.63, 3.8) is 0 Å². The number of nitrogens with zero attached hydrogens (tertiary/aromatic N) is 4. The minimum Gasteiger partial charge on any atom is -0.490 e. The van der Waals surface area contributed by atoms with Crippen molar-refractivity contribution >= 4 is 0 Å². The molecule has 0 bridgehead atoms. The smallest absolute Gasteiger partial charge is 0.119 e. The molecule has 1 aliphatic rings. The number of likely N-dealkylation sites (tertiary alicyclic amines) is 1. The molecular formula is C13H18N4O. The summed E-state index contributed by atoms with van der Waals surface area (Å²) in [5.74, 6) is 0.897. The summed E-state index contributed by atoms with van der Waals surface area (Å²) in [7, 11) is 2.14. The highest BCUT2D eigenvalue weighted by atomic mass is 16.5. The maximum absolute atomic E-state index is 8.25. The zero-order valence-corrected chi connectivity index (χ0v) is 10.6. The Balaban J connectivity index is 1.88. The molecule has 0 aromatic heterocycles. The first-order chi connectivity index (χ1) is 8.78. The van der Waals surface area contributed by atoms with E-state index in [2.05, 4.69) is 22.0 Å². The van der Waals surface area contributed by atoms with Crippen molar-refractivity contribution in [2.75, 3.05) is 20.1 Å². The summed E-state index contributed by atoms with van der Waals surface area (Å²) in [5.41, 5.74) is 9.25. The third-order valence-corrected chi connectivity index (χ3v) is 3.21. The minimum atomic E-state index is 0.323. The summed E-state index contributed by atoms with van der Waals surface area (Å²) >= 11 is 0. The normalized spacial score (nSPS) is 17.2. The van der Waals surface area contributed by atoms with Crippen LogP contribution in [0.4, 0.5) is 0 Å². The lowest BCUT2D eigenvalue weighted by atomic mass is 10.1. The van der Waals surface area contributed by atoms with Gasteiger partial charge in [0.1, 0.15) is 11.9 Å². The van der Waals surface area contributed by atoms with Gasteiger partial charge in [-0.3, -0.25) is 0 Å². The van der Waals surface area contributed by atoms with Gasteiger partial charge in [0.25, 0.3) is 0 Å². The average molecular weight is 246 g/mol. The van der Waals surface area contributed by atoms with Gasteiger partial charge in [-0.05, 0) is 43.1 Å². The van der Waals surface area contributed by atoms with Gasteiger partial charge >= 0.3 is 0 Å². The molecule has 1 fully saturated rings. The Hall–Kier alpha value is -1.71. The molecule has 0 atom stereocenters. The van der Waals surface area contributed by atoms with E-state index in [4.69, 9.17) is 10.3 Å². The Labute approximate surface area is 107 Å². The minimum absolute atomic E-state index is 0.323. The molecule has 1 aromatic rings. The Morgan fingerprint density at radius 3 is 2.61 bits per heavy atom. The molecule has 0 unspecified atom stereocenters. The van der Waals surface area contributed by atoms with Crippen LogP contribution in [0.3, 0.4) is 0 Å². The molecule has 96 valence electrons. The van der Waals surface area contributed by atoms with Crippen LogP contribution in [-0.4, -0.2) is 31.1 Å². The first kappa shape index (κ1) is 12.7. The number of azide groups is 1. The van der Waals surface area contributed by atoms with Crippen molar-refractivity contribution in [3.05, 3.63) is 40.3 Å². The largest absolute Gasteiger partial charge is 0.490 e. The van der Waals surface area contributed by atoms with E-state index in [9.17, 15) is 0 Å². The molecule has 1 aliphatic heterocycles. The van der Waals surface area contributed by atoms with Gasteiger partial charge < -0.3 is 9.64 Å². The zero-order chi connectivity index (χ0) is 12.8. The first-order valence-corrected chi connectivity index (χ1v) is 6.23. The molecule has 0 aliphatic carbocycles. The molecule has 0 N–H and O–H groups in total. The summed E-state index contributed by atoms with van der Waals surface area (Å²) < 4.78 is 5.93. The van der Waals surface area contributed by atoms with E-state index in [1.165, 1.54) is 0 Å². The zero-order valence-electron chi connectivity index (χ0n) is 10.6. The SMILES string of the molecule is CN1CCC(Oc2ccc(CN=[N+]=[N-])cc2)CC1. The van der Waals surface area contributed by atoms with Crippen LogP contribution in [0.25, 0.3) is 10.4 Å². The molecule has 1 aromatic carbocycles. The fourth-order valence-electron chi connectivity index (χ4n) is 2.08. The van der Waals surface area contributed by atoms with Crippen LogP contribution >= 0.6 is 0 Å². The van der Waals surface area contributed by atoms with E-state index in [1.807, 2.05) is 24.3 Å². The van der Waals surface area contributed by atoms with E-state index >= 15 is 0 Å². The molecule has 0 spiro atoms. The third-order valence-electron chi connectivity index (χ3n) is 3.21. The molecule has 0 amide bonds. The molecule has 5 nitrogen and oxygen atoms in total. The van der Waals surface area contributed by atoms with E-state index < -0.39 is 0 Å². The lowest BCUT2D eigenvalue weighted by molar-refractivity contribution is 0.114. The number of ether oxygens (including phenoxy) is 1. The third kappa shape index (κ3) is 3.65. The van der Waals surface area contributed by atoms with Crippen LogP contribution in [0.5, 0.6) is 5.75 Å². The second-order valence-corrected chi connectivity index (χ2v) is 4.65. The molecular weight excluding hydrogens is 228 g/mol. The Bertz CT molecular complexity index is 417. The number of hydrogen-bond acceptors (Lipinski definition) is 3. The number of rotatable bonds is 4. The van der Waals surface area contributed by atoms with Gasteiger partial charge in [-0.15, -0.1) is 0 Å². The molecule has 5 heteroatoms. The Morgan fingerprint density at radius 1 is 1.33 bits per heavy atom. The van der Waals surface area contributed by atoms with Crippen molar-refractivity contribution in [3.8, 4) is 5.75 Å². The molecule has 0 saturated carbocycles. The van der Waals surface area contributed by atoms with Crippen LogP contribution in [0.15, 0.2) is 29.4 Å². The van der Waals surface area contributed by atoms with E-state index in [0.717, 1.165) is 37.2 Å². The predicted molar refractivity (Wildman–Crippen MR) is 70.4 cm³/mol. The topological polar surface area (TPSA) is 61.2 Å². The van der Waals surface area contributed by atoms with Gasteiger partial charge in [-0.25, -0.2) is 0 Å². The second kappa shape index (κ2) is 6.28. The van der Waals surface area contributed by atoms with Gasteiger partial charge in [-0.2, -0.15) is 0 Å². The Morgan fingerprint density at radius 2 is 2.00 bits per heavy atom. The fraction of sp³-hybridized carbons (Fsp3) is 0.538. The monoisotopic (exact) mass is 246 g/mol. The van der Waals surface area contributed by atoms with Crippen molar-refractivity contribution in [1.82, 2.24) is 4.90 Å². The number of hydrogen-bond donors (Lipinski definition) is 0. The molecule has 18 heavy (non-hydrogen) atoms. The summed E-state index contributed by atoms with van der Waals surface area (Å²) in [6, 6.07) is 7.78. The predicted octanol–water partition coefficient (Wildman–Crippen LogP) is 2.97. The standard InChI is InChI=1S/C13H18N4O/c1-17-8-6-13(7-9-17)18-12-4-2-11(3-5-12)10-15-16-14/h2-5,13H,6-10H2,1H3. The lowest BCUT2D eigenvalue weighted by Crippen LogP contribution is -2.35. The van der Waals surface area contributed by atoms with Crippen LogP contribution in [0.1, 0.15) is 18.4 Å². The molecule has 0 radical (unpaired) electrons. The highest BCUT2D eigenvalue weighted by Crippen LogP contribution is 2.19. The van der Waals surface area contributed by atoms with Gasteiger partial charge in [0.15, 0.2) is 0 Å². The van der Waals surface area contributed by atoms with Crippen molar-refractivity contribution < 1.29 is 4.74 Å². The highest BCUT2D eigenvalue weighted by molar-refractivity contribution is 5.27. The second-order valence-electron chi connectivity index (χ2n) is 4.65. The van der Waals surface area contributed by atoms with Crippen molar-refractivity contribution in [2.24, 2.45) is 5.11 Å². The van der Waals surface area contributed by atoms with Crippen LogP contribution in [-0.2, 0) is 6.54 Å². The van der Waals surface area contributed by atoms with Gasteiger partial charge in [0, 0.05) is 18.0 Å². The maximum atomic E-state index is 8.25. The number of benzene rings is 1. The van der Waals surface area contributed by atoms with Gasteiger partial charge in [0.05, 0.1) is 6.54 Å². The molecule has 1 saturated heterocycles. The van der Waals surface area contributed by atoms with Gasteiger partial charge in [-0.1, -0.05) is 17.2 Å². The summed E-state index contributed by atoms with van der Waals surface area (Å²) in [4.78, 5) is 5.07. The van der Waals surface area contributed by atoms with E-state index in [-0.39, 0.29) is 0 Å². The molecule has 1 heterocycles. The maximum Gasteiger partial charge on any atom is 0.119 e. The highest BCUT2D eigenvalue weighted by Gasteiger charge is 2.17. The summed E-state index contributed by atoms with van der Waals surface area (Å²) in [6.45, 7) is 2.59. The van der Waals surface area contributed by atoms with Crippen molar-refractivity contribution in [1.29, 1.82) is 0 Å². The average Bonchev–Trinajstić information content (AvgIpc) is 2.41. The van der Waals surface area contributed by atoms with Crippen LogP contribution in [0, 0.1) is 0 Å². The van der Waals surface area contributed by atoms with E-state index in [0.29, 0.717) is 12.6 Å². The summed E-state index contributed by atoms with van der Waals surface area (Å²) in [5, 5.41) is 3.53. The quantitative estimate of drug-likeness (QED) is 0.466. The lowest BCUT2D eigenvalue weighted by Gasteiger charge is -2.29. The number of piperidine rings is 1. The van der Waals surface area contributed by atoms with Gasteiger partial charge in [0.2, 0.25) is 0 Å². The fourth-order valence-corrected chi connectivity index (χ4v) is 2.08. The first-order valence-electron chi connectivity index (χ1n) is 6.23. The van der Waals surface area contributed by atoms with Crippen LogP contribution in [0.2, 0.25) is 0 Å². The van der Waals surface area contributed by atoms with Crippen molar-refractivity contribution in [2.45, 2.75) is 25.5 Å². The summed E-state index contributed by atoms with van der Waals surface area (Å²) in [6.07, 6.45) is 2.48. The van der Waals surface area contributed by atoms with Crippen LogP contribution < -0.4 is 4.74 Å².